The maximum atomic E-state index is 6.18. The van der Waals surface area contributed by atoms with E-state index in [0.29, 0.717) is 11.6 Å². The van der Waals surface area contributed by atoms with E-state index in [4.69, 9.17) is 21.1 Å². The normalized spacial score (nSPS) is 10.5. The number of ether oxygens (including phenoxy) is 2. The summed E-state index contributed by atoms with van der Waals surface area (Å²) in [6.07, 6.45) is 0. The van der Waals surface area contributed by atoms with Crippen LogP contribution in [0, 0.1) is 0 Å². The predicted octanol–water partition coefficient (Wildman–Crippen LogP) is 3.62. The van der Waals surface area contributed by atoms with Crippen molar-refractivity contribution < 1.29 is 9.47 Å². The van der Waals surface area contributed by atoms with Crippen LogP contribution in [0.4, 0.5) is 0 Å². The van der Waals surface area contributed by atoms with Gasteiger partial charge in [-0.25, -0.2) is 4.98 Å². The summed E-state index contributed by atoms with van der Waals surface area (Å²) in [7, 11) is 3.27. The van der Waals surface area contributed by atoms with Gasteiger partial charge in [-0.15, -0.1) is 11.3 Å². The monoisotopic (exact) mass is 269 g/mol. The molecule has 0 aliphatic rings. The Balaban J connectivity index is 2.32. The Hall–Kier alpha value is -1.10. The highest BCUT2D eigenvalue weighted by Crippen LogP contribution is 2.31. The fraction of sp³-hybridized carbons (Fsp3) is 0.250. The second-order valence-electron chi connectivity index (χ2n) is 3.41. The first-order valence-corrected chi connectivity index (χ1v) is 6.27. The number of benzene rings is 1. The van der Waals surface area contributed by atoms with Crippen LogP contribution in [0.3, 0.4) is 0 Å². The summed E-state index contributed by atoms with van der Waals surface area (Å²) < 4.78 is 10.1. The molecule has 1 aromatic carbocycles. The quantitative estimate of drug-likeness (QED) is 0.850. The molecule has 0 radical (unpaired) electrons. The molecule has 17 heavy (non-hydrogen) atoms. The van der Waals surface area contributed by atoms with E-state index < -0.39 is 0 Å². The molecule has 0 atom stereocenters. The second kappa shape index (κ2) is 5.49. The number of nitrogens with zero attached hydrogens (tertiary/aromatic N) is 1. The van der Waals surface area contributed by atoms with Crippen molar-refractivity contribution in [3.05, 3.63) is 33.6 Å². The van der Waals surface area contributed by atoms with Crippen LogP contribution in [0.5, 0.6) is 5.75 Å². The van der Waals surface area contributed by atoms with Gasteiger partial charge in [-0.3, -0.25) is 0 Å². The van der Waals surface area contributed by atoms with Gasteiger partial charge in [0, 0.05) is 18.1 Å². The molecule has 0 unspecified atom stereocenters. The summed E-state index contributed by atoms with van der Waals surface area (Å²) >= 11 is 7.74. The first-order valence-electron chi connectivity index (χ1n) is 5.02. The molecule has 5 heteroatoms. The Labute approximate surface area is 109 Å². The lowest BCUT2D eigenvalue weighted by molar-refractivity contribution is 0.184. The van der Waals surface area contributed by atoms with Gasteiger partial charge in [0.15, 0.2) is 0 Å². The van der Waals surface area contributed by atoms with E-state index in [1.54, 1.807) is 31.6 Å². The lowest BCUT2D eigenvalue weighted by Gasteiger charge is -2.04. The van der Waals surface area contributed by atoms with Crippen LogP contribution in [-0.4, -0.2) is 19.2 Å². The van der Waals surface area contributed by atoms with E-state index in [0.717, 1.165) is 22.0 Å². The van der Waals surface area contributed by atoms with Crippen molar-refractivity contribution in [2.45, 2.75) is 6.61 Å². The lowest BCUT2D eigenvalue weighted by atomic mass is 10.1. The van der Waals surface area contributed by atoms with Gasteiger partial charge >= 0.3 is 0 Å². The summed E-state index contributed by atoms with van der Waals surface area (Å²) in [5, 5.41) is 3.55. The summed E-state index contributed by atoms with van der Waals surface area (Å²) in [5.41, 5.74) is 1.78. The second-order valence-corrected chi connectivity index (χ2v) is 4.76. The molecule has 1 heterocycles. The van der Waals surface area contributed by atoms with Gasteiger partial charge < -0.3 is 9.47 Å². The molecule has 0 aliphatic heterocycles. The molecule has 0 spiro atoms. The largest absolute Gasteiger partial charge is 0.497 e. The number of methoxy groups -OCH3 is 2. The Bertz CT molecular complexity index is 513. The molecule has 0 amide bonds. The van der Waals surface area contributed by atoms with Crippen LogP contribution in [0.1, 0.15) is 5.01 Å². The Morgan fingerprint density at radius 1 is 1.35 bits per heavy atom. The van der Waals surface area contributed by atoms with Gasteiger partial charge in [-0.2, -0.15) is 0 Å². The molecular formula is C12H12ClNO2S. The fourth-order valence-corrected chi connectivity index (χ4v) is 2.49. The molecule has 0 bridgehead atoms. The Morgan fingerprint density at radius 2 is 2.18 bits per heavy atom. The van der Waals surface area contributed by atoms with Crippen LogP contribution >= 0.6 is 22.9 Å². The van der Waals surface area contributed by atoms with Gasteiger partial charge in [0.2, 0.25) is 0 Å². The maximum absolute atomic E-state index is 6.18. The van der Waals surface area contributed by atoms with Crippen LogP contribution in [0.2, 0.25) is 5.02 Å². The van der Waals surface area contributed by atoms with Crippen LogP contribution in [-0.2, 0) is 11.3 Å². The van der Waals surface area contributed by atoms with Crippen molar-refractivity contribution in [1.29, 1.82) is 0 Å². The zero-order valence-electron chi connectivity index (χ0n) is 9.57. The molecule has 2 aromatic rings. The molecule has 0 fully saturated rings. The molecule has 0 saturated heterocycles. The molecule has 0 N–H and O–H groups in total. The lowest BCUT2D eigenvalue weighted by Crippen LogP contribution is -1.87. The van der Waals surface area contributed by atoms with Crippen LogP contribution in [0.25, 0.3) is 11.3 Å². The number of hydrogen-bond donors (Lipinski definition) is 0. The highest BCUT2D eigenvalue weighted by molar-refractivity contribution is 7.09. The predicted molar refractivity (Wildman–Crippen MR) is 69.8 cm³/mol. The summed E-state index contributed by atoms with van der Waals surface area (Å²) in [5.74, 6) is 0.742. The van der Waals surface area contributed by atoms with Crippen molar-refractivity contribution in [3.63, 3.8) is 0 Å². The highest BCUT2D eigenvalue weighted by Gasteiger charge is 2.09. The third kappa shape index (κ3) is 2.77. The average molecular weight is 270 g/mol. The van der Waals surface area contributed by atoms with E-state index in [1.165, 1.54) is 0 Å². The van der Waals surface area contributed by atoms with E-state index in [-0.39, 0.29) is 0 Å². The van der Waals surface area contributed by atoms with E-state index in [1.807, 2.05) is 17.5 Å². The van der Waals surface area contributed by atoms with Gasteiger partial charge in [0.1, 0.15) is 10.8 Å². The molecule has 1 aromatic heterocycles. The van der Waals surface area contributed by atoms with Gasteiger partial charge in [0.25, 0.3) is 0 Å². The SMILES string of the molecule is COCc1nc(-c2ccc(OC)cc2Cl)cs1. The summed E-state index contributed by atoms with van der Waals surface area (Å²) in [4.78, 5) is 4.45. The number of aromatic nitrogens is 1. The van der Waals surface area contributed by atoms with Gasteiger partial charge in [-0.05, 0) is 18.2 Å². The number of hydrogen-bond acceptors (Lipinski definition) is 4. The third-order valence-corrected chi connectivity index (χ3v) is 3.41. The van der Waals surface area contributed by atoms with Gasteiger partial charge in [-0.1, -0.05) is 11.6 Å². The molecular weight excluding hydrogens is 258 g/mol. The van der Waals surface area contributed by atoms with E-state index in [2.05, 4.69) is 4.98 Å². The van der Waals surface area contributed by atoms with Crippen LogP contribution in [0.15, 0.2) is 23.6 Å². The van der Waals surface area contributed by atoms with Crippen molar-refractivity contribution in [2.24, 2.45) is 0 Å². The maximum Gasteiger partial charge on any atom is 0.120 e. The Kier molecular flexibility index (Phi) is 3.99. The first kappa shape index (κ1) is 12.4. The minimum absolute atomic E-state index is 0.526. The average Bonchev–Trinajstić information content (AvgIpc) is 2.78. The molecule has 3 nitrogen and oxygen atoms in total. The fourth-order valence-electron chi connectivity index (χ4n) is 1.45. The Morgan fingerprint density at radius 3 is 2.82 bits per heavy atom. The van der Waals surface area contributed by atoms with Crippen molar-refractivity contribution >= 4 is 22.9 Å². The third-order valence-electron chi connectivity index (χ3n) is 2.27. The molecule has 0 saturated carbocycles. The smallest absolute Gasteiger partial charge is 0.120 e. The minimum atomic E-state index is 0.526. The topological polar surface area (TPSA) is 31.4 Å². The standard InChI is InChI=1S/C12H12ClNO2S/c1-15-6-12-14-11(7-17-12)9-4-3-8(16-2)5-10(9)13/h3-5,7H,6H2,1-2H3. The first-order chi connectivity index (χ1) is 8.24. The highest BCUT2D eigenvalue weighted by atomic mass is 35.5. The molecule has 90 valence electrons. The number of rotatable bonds is 4. The zero-order chi connectivity index (χ0) is 12.3. The van der Waals surface area contributed by atoms with Crippen LogP contribution < -0.4 is 4.74 Å². The van der Waals surface area contributed by atoms with Gasteiger partial charge in [0.05, 0.1) is 24.4 Å². The zero-order valence-corrected chi connectivity index (χ0v) is 11.1. The number of thiazole rings is 1. The summed E-state index contributed by atoms with van der Waals surface area (Å²) in [6.45, 7) is 0.526. The van der Waals surface area contributed by atoms with E-state index >= 15 is 0 Å². The minimum Gasteiger partial charge on any atom is -0.497 e. The summed E-state index contributed by atoms with van der Waals surface area (Å²) in [6, 6.07) is 5.57. The van der Waals surface area contributed by atoms with Crippen molar-refractivity contribution in [3.8, 4) is 17.0 Å². The van der Waals surface area contributed by atoms with Crippen molar-refractivity contribution in [2.75, 3.05) is 14.2 Å². The number of halogens is 1. The molecule has 2 rings (SSSR count). The van der Waals surface area contributed by atoms with E-state index in [9.17, 15) is 0 Å². The molecule has 0 aliphatic carbocycles. The van der Waals surface area contributed by atoms with Crippen molar-refractivity contribution in [1.82, 2.24) is 4.98 Å².